The van der Waals surface area contributed by atoms with Gasteiger partial charge in [0.1, 0.15) is 11.6 Å². The van der Waals surface area contributed by atoms with Gasteiger partial charge in [0, 0.05) is 29.7 Å². The summed E-state index contributed by atoms with van der Waals surface area (Å²) in [5.41, 5.74) is 0.118. The van der Waals surface area contributed by atoms with E-state index in [4.69, 9.17) is 4.74 Å². The van der Waals surface area contributed by atoms with Crippen LogP contribution in [0.5, 0.6) is 5.75 Å². The Labute approximate surface area is 117 Å². The molecule has 3 nitrogen and oxygen atoms in total. The molecule has 5 heteroatoms. The summed E-state index contributed by atoms with van der Waals surface area (Å²) in [4.78, 5) is 14.1. The molecule has 0 spiro atoms. The number of carbonyl (C=O) groups excluding carboxylic acids is 1. The third-order valence-corrected chi connectivity index (χ3v) is 4.34. The van der Waals surface area contributed by atoms with E-state index in [9.17, 15) is 9.18 Å². The summed E-state index contributed by atoms with van der Waals surface area (Å²) >= 11 is 1.86. The Bertz CT molecular complexity index is 471. The molecule has 0 radical (unpaired) electrons. The van der Waals surface area contributed by atoms with Crippen molar-refractivity contribution in [3.63, 3.8) is 0 Å². The summed E-state index contributed by atoms with van der Waals surface area (Å²) in [5, 5.41) is 0.767. The number of thioether (sulfide) groups is 1. The lowest BCUT2D eigenvalue weighted by molar-refractivity contribution is 0.0748. The van der Waals surface area contributed by atoms with Crippen molar-refractivity contribution < 1.29 is 13.9 Å². The molecule has 1 heterocycles. The van der Waals surface area contributed by atoms with E-state index in [1.807, 2.05) is 11.8 Å². The van der Waals surface area contributed by atoms with Crippen LogP contribution in [0.2, 0.25) is 0 Å². The fourth-order valence-corrected chi connectivity index (χ4v) is 3.64. The largest absolute Gasteiger partial charge is 0.497 e. The Hall–Kier alpha value is -1.23. The highest BCUT2D eigenvalue weighted by Gasteiger charge is 2.27. The van der Waals surface area contributed by atoms with Gasteiger partial charge in [0.2, 0.25) is 0 Å². The van der Waals surface area contributed by atoms with Gasteiger partial charge in [-0.05, 0) is 12.1 Å². The Morgan fingerprint density at radius 2 is 2.00 bits per heavy atom. The Kier molecular flexibility index (Phi) is 4.34. The minimum atomic E-state index is -0.525. The number of ether oxygens (including phenoxy) is 1. The molecule has 2 rings (SSSR count). The number of hydrogen-bond acceptors (Lipinski definition) is 3. The maximum absolute atomic E-state index is 13.9. The van der Waals surface area contributed by atoms with Crippen molar-refractivity contribution in [2.75, 3.05) is 20.2 Å². The molecule has 19 heavy (non-hydrogen) atoms. The van der Waals surface area contributed by atoms with Crippen LogP contribution in [0.4, 0.5) is 4.39 Å². The zero-order chi connectivity index (χ0) is 14.0. The van der Waals surface area contributed by atoms with Crippen LogP contribution in [0.3, 0.4) is 0 Å². The molecule has 0 bridgehead atoms. The van der Waals surface area contributed by atoms with Gasteiger partial charge in [-0.15, -0.1) is 0 Å². The van der Waals surface area contributed by atoms with Gasteiger partial charge in [-0.25, -0.2) is 4.39 Å². The van der Waals surface area contributed by atoms with Gasteiger partial charge in [0.15, 0.2) is 0 Å². The Morgan fingerprint density at radius 1 is 1.37 bits per heavy atom. The second-order valence-corrected chi connectivity index (χ2v) is 6.69. The molecule has 1 aromatic carbocycles. The third kappa shape index (κ3) is 3.21. The van der Waals surface area contributed by atoms with Crippen LogP contribution in [0.15, 0.2) is 18.2 Å². The van der Waals surface area contributed by atoms with E-state index in [0.717, 1.165) is 0 Å². The van der Waals surface area contributed by atoms with Gasteiger partial charge in [-0.3, -0.25) is 4.79 Å². The Balaban J connectivity index is 2.19. The second kappa shape index (κ2) is 5.82. The summed E-state index contributed by atoms with van der Waals surface area (Å²) in [6.45, 7) is 5.51. The van der Waals surface area contributed by atoms with Gasteiger partial charge in [-0.2, -0.15) is 11.8 Å². The molecule has 0 N–H and O–H groups in total. The topological polar surface area (TPSA) is 29.5 Å². The van der Waals surface area contributed by atoms with Crippen molar-refractivity contribution in [2.24, 2.45) is 0 Å². The number of benzene rings is 1. The van der Waals surface area contributed by atoms with E-state index in [1.54, 1.807) is 11.0 Å². The quantitative estimate of drug-likeness (QED) is 0.836. The average Bonchev–Trinajstić information content (AvgIpc) is 2.36. The summed E-state index contributed by atoms with van der Waals surface area (Å²) in [7, 11) is 1.47. The molecule has 104 valence electrons. The molecule has 1 aliphatic heterocycles. The fraction of sp³-hybridized carbons (Fsp3) is 0.500. The first-order chi connectivity index (χ1) is 9.01. The van der Waals surface area contributed by atoms with Gasteiger partial charge in [-0.1, -0.05) is 13.8 Å². The lowest BCUT2D eigenvalue weighted by Crippen LogP contribution is -2.44. The smallest absolute Gasteiger partial charge is 0.256 e. The molecule has 2 unspecified atom stereocenters. The molecule has 1 amide bonds. The molecule has 1 aromatic rings. The lowest BCUT2D eigenvalue weighted by Gasteiger charge is -2.34. The predicted octanol–water partition coefficient (Wildman–Crippen LogP) is 2.80. The van der Waals surface area contributed by atoms with E-state index in [0.29, 0.717) is 29.3 Å². The Morgan fingerprint density at radius 3 is 2.53 bits per heavy atom. The van der Waals surface area contributed by atoms with Crippen LogP contribution in [-0.2, 0) is 0 Å². The van der Waals surface area contributed by atoms with Crippen LogP contribution >= 0.6 is 11.8 Å². The van der Waals surface area contributed by atoms with Crippen LogP contribution in [0, 0.1) is 5.82 Å². The minimum absolute atomic E-state index is 0.118. The van der Waals surface area contributed by atoms with Gasteiger partial charge < -0.3 is 9.64 Å². The van der Waals surface area contributed by atoms with E-state index >= 15 is 0 Å². The number of methoxy groups -OCH3 is 1. The number of carbonyl (C=O) groups is 1. The van der Waals surface area contributed by atoms with Crippen molar-refractivity contribution >= 4 is 17.7 Å². The minimum Gasteiger partial charge on any atom is -0.497 e. The van der Waals surface area contributed by atoms with Crippen LogP contribution < -0.4 is 4.74 Å². The number of hydrogen-bond donors (Lipinski definition) is 0. The van der Waals surface area contributed by atoms with Crippen LogP contribution in [0.1, 0.15) is 24.2 Å². The number of halogens is 1. The van der Waals surface area contributed by atoms with Crippen LogP contribution in [-0.4, -0.2) is 41.5 Å². The number of nitrogens with zero attached hydrogens (tertiary/aromatic N) is 1. The van der Waals surface area contributed by atoms with Gasteiger partial charge >= 0.3 is 0 Å². The third-order valence-electron chi connectivity index (χ3n) is 3.11. The van der Waals surface area contributed by atoms with Crippen molar-refractivity contribution in [1.29, 1.82) is 0 Å². The summed E-state index contributed by atoms with van der Waals surface area (Å²) in [6, 6.07) is 4.36. The molecular weight excluding hydrogens is 265 g/mol. The van der Waals surface area contributed by atoms with E-state index in [1.165, 1.54) is 19.2 Å². The standard InChI is InChI=1S/C14H18FNO2S/c1-9-7-16(8-10(2)19-9)14(17)12-5-4-11(18-3)6-13(12)15/h4-6,9-10H,7-8H2,1-3H3. The highest BCUT2D eigenvalue weighted by molar-refractivity contribution is 8.00. The molecule has 1 aliphatic rings. The normalized spacial score (nSPS) is 23.3. The van der Waals surface area contributed by atoms with E-state index < -0.39 is 5.82 Å². The van der Waals surface area contributed by atoms with E-state index in [-0.39, 0.29) is 11.5 Å². The first-order valence-electron chi connectivity index (χ1n) is 6.29. The maximum Gasteiger partial charge on any atom is 0.256 e. The molecule has 2 atom stereocenters. The number of amides is 1. The fourth-order valence-electron chi connectivity index (χ4n) is 2.31. The van der Waals surface area contributed by atoms with Gasteiger partial charge in [0.25, 0.3) is 5.91 Å². The average molecular weight is 283 g/mol. The first-order valence-corrected chi connectivity index (χ1v) is 7.23. The van der Waals surface area contributed by atoms with Gasteiger partial charge in [0.05, 0.1) is 12.7 Å². The zero-order valence-electron chi connectivity index (χ0n) is 11.4. The van der Waals surface area contributed by atoms with E-state index in [2.05, 4.69) is 13.8 Å². The monoisotopic (exact) mass is 283 g/mol. The highest BCUT2D eigenvalue weighted by atomic mass is 32.2. The molecule has 0 saturated carbocycles. The molecule has 0 aromatic heterocycles. The zero-order valence-corrected chi connectivity index (χ0v) is 12.2. The molecule has 1 fully saturated rings. The maximum atomic E-state index is 13.9. The summed E-state index contributed by atoms with van der Waals surface area (Å²) < 4.78 is 18.8. The van der Waals surface area contributed by atoms with Crippen molar-refractivity contribution in [1.82, 2.24) is 4.90 Å². The van der Waals surface area contributed by atoms with Crippen LogP contribution in [0.25, 0.3) is 0 Å². The van der Waals surface area contributed by atoms with Crippen molar-refractivity contribution in [3.8, 4) is 5.75 Å². The SMILES string of the molecule is COc1ccc(C(=O)N2CC(C)SC(C)C2)c(F)c1. The second-order valence-electron chi connectivity index (χ2n) is 4.81. The first kappa shape index (κ1) is 14.2. The molecule has 0 aliphatic carbocycles. The lowest BCUT2D eigenvalue weighted by atomic mass is 10.1. The number of rotatable bonds is 2. The summed E-state index contributed by atoms with van der Waals surface area (Å²) in [6.07, 6.45) is 0. The predicted molar refractivity (Wildman–Crippen MR) is 75.4 cm³/mol. The van der Waals surface area contributed by atoms with Crippen molar-refractivity contribution in [2.45, 2.75) is 24.3 Å². The highest BCUT2D eigenvalue weighted by Crippen LogP contribution is 2.26. The molecular formula is C14H18FNO2S. The van der Waals surface area contributed by atoms with Crippen molar-refractivity contribution in [3.05, 3.63) is 29.6 Å². The summed E-state index contributed by atoms with van der Waals surface area (Å²) in [5.74, 6) is -0.341. The molecule has 1 saturated heterocycles.